The highest BCUT2D eigenvalue weighted by Gasteiger charge is 2.38. The van der Waals surface area contributed by atoms with E-state index in [9.17, 15) is 9.59 Å². The minimum Gasteiger partial charge on any atom is -0.355 e. The standard InChI is InChI=1S/C19H29N3O2/c1-13-5-7-15(8-6-13)17(22(3)4)12-21-18(23)9-10-20-19(24)16-11-14(16)2/h5-8,14,16-17H,9-12H2,1-4H3,(H,20,24)(H,21,23)/t14-,16-,17+/m1/s1. The molecule has 2 amide bonds. The third kappa shape index (κ3) is 5.34. The van der Waals surface area contributed by atoms with Gasteiger partial charge in [0.1, 0.15) is 0 Å². The summed E-state index contributed by atoms with van der Waals surface area (Å²) in [6.45, 7) is 5.10. The van der Waals surface area contributed by atoms with Crippen LogP contribution in [0.2, 0.25) is 0 Å². The minimum atomic E-state index is -0.0295. The normalized spacial score (nSPS) is 20.5. The van der Waals surface area contributed by atoms with Gasteiger partial charge in [0.15, 0.2) is 0 Å². The van der Waals surface area contributed by atoms with Crippen molar-refractivity contribution in [2.45, 2.75) is 32.7 Å². The Hall–Kier alpha value is -1.88. The molecule has 2 rings (SSSR count). The molecule has 0 radical (unpaired) electrons. The molecule has 3 atom stereocenters. The smallest absolute Gasteiger partial charge is 0.223 e. The summed E-state index contributed by atoms with van der Waals surface area (Å²) < 4.78 is 0. The average Bonchev–Trinajstić information content (AvgIpc) is 3.26. The number of rotatable bonds is 8. The summed E-state index contributed by atoms with van der Waals surface area (Å²) in [5.41, 5.74) is 2.41. The fraction of sp³-hybridized carbons (Fsp3) is 0.579. The van der Waals surface area contributed by atoms with E-state index >= 15 is 0 Å². The highest BCUT2D eigenvalue weighted by atomic mass is 16.2. The van der Waals surface area contributed by atoms with Gasteiger partial charge >= 0.3 is 0 Å². The third-order valence-corrected chi connectivity index (χ3v) is 4.68. The summed E-state index contributed by atoms with van der Waals surface area (Å²) in [6.07, 6.45) is 1.29. The van der Waals surface area contributed by atoms with E-state index in [-0.39, 0.29) is 23.8 Å². The van der Waals surface area contributed by atoms with Gasteiger partial charge in [-0.15, -0.1) is 0 Å². The van der Waals surface area contributed by atoms with Crippen LogP contribution in [0.15, 0.2) is 24.3 Å². The van der Waals surface area contributed by atoms with E-state index in [2.05, 4.69) is 53.6 Å². The van der Waals surface area contributed by atoms with Gasteiger partial charge in [-0.2, -0.15) is 0 Å². The van der Waals surface area contributed by atoms with E-state index in [1.54, 1.807) is 0 Å². The third-order valence-electron chi connectivity index (χ3n) is 4.68. The van der Waals surface area contributed by atoms with Gasteiger partial charge < -0.3 is 15.5 Å². The Morgan fingerprint density at radius 3 is 2.38 bits per heavy atom. The lowest BCUT2D eigenvalue weighted by atomic mass is 10.0. The molecule has 5 nitrogen and oxygen atoms in total. The number of benzene rings is 1. The number of carbonyl (C=O) groups is 2. The van der Waals surface area contributed by atoms with Crippen LogP contribution in [0.3, 0.4) is 0 Å². The average molecular weight is 331 g/mol. The van der Waals surface area contributed by atoms with Crippen molar-refractivity contribution in [2.75, 3.05) is 27.2 Å². The first-order valence-corrected chi connectivity index (χ1v) is 8.66. The van der Waals surface area contributed by atoms with E-state index in [1.165, 1.54) is 11.1 Å². The second kappa shape index (κ2) is 8.29. The molecule has 24 heavy (non-hydrogen) atoms. The Labute approximate surface area is 144 Å². The molecule has 2 N–H and O–H groups in total. The number of hydrogen-bond acceptors (Lipinski definition) is 3. The van der Waals surface area contributed by atoms with Crippen LogP contribution in [-0.2, 0) is 9.59 Å². The summed E-state index contributed by atoms with van der Waals surface area (Å²) >= 11 is 0. The topological polar surface area (TPSA) is 61.4 Å². The molecule has 132 valence electrons. The molecular formula is C19H29N3O2. The summed E-state index contributed by atoms with van der Waals surface area (Å²) in [5.74, 6) is 0.709. The zero-order valence-corrected chi connectivity index (χ0v) is 15.1. The van der Waals surface area contributed by atoms with Crippen LogP contribution in [0.25, 0.3) is 0 Å². The zero-order chi connectivity index (χ0) is 17.7. The molecule has 1 fully saturated rings. The van der Waals surface area contributed by atoms with Gasteiger partial charge in [0, 0.05) is 25.4 Å². The van der Waals surface area contributed by atoms with Crippen LogP contribution < -0.4 is 10.6 Å². The van der Waals surface area contributed by atoms with Crippen LogP contribution in [0.5, 0.6) is 0 Å². The van der Waals surface area contributed by atoms with Crippen molar-refractivity contribution in [3.05, 3.63) is 35.4 Å². The van der Waals surface area contributed by atoms with Crippen molar-refractivity contribution in [3.8, 4) is 0 Å². The molecule has 0 saturated heterocycles. The van der Waals surface area contributed by atoms with Crippen molar-refractivity contribution in [3.63, 3.8) is 0 Å². The van der Waals surface area contributed by atoms with E-state index in [4.69, 9.17) is 0 Å². The fourth-order valence-electron chi connectivity index (χ4n) is 2.80. The molecule has 5 heteroatoms. The number of amides is 2. The SMILES string of the molecule is Cc1ccc([C@H](CNC(=O)CCNC(=O)[C@@H]2C[C@H]2C)N(C)C)cc1. The highest BCUT2D eigenvalue weighted by molar-refractivity contribution is 5.82. The first-order valence-electron chi connectivity index (χ1n) is 8.66. The summed E-state index contributed by atoms with van der Waals surface area (Å²) in [6, 6.07) is 8.51. The predicted molar refractivity (Wildman–Crippen MR) is 95.5 cm³/mol. The van der Waals surface area contributed by atoms with Crippen molar-refractivity contribution < 1.29 is 9.59 Å². The Kier molecular flexibility index (Phi) is 6.37. The van der Waals surface area contributed by atoms with Crippen LogP contribution in [-0.4, -0.2) is 43.9 Å². The van der Waals surface area contributed by atoms with Crippen LogP contribution in [0.1, 0.15) is 36.9 Å². The Bertz CT molecular complexity index is 568. The lowest BCUT2D eigenvalue weighted by Crippen LogP contribution is -2.36. The molecule has 0 bridgehead atoms. The maximum Gasteiger partial charge on any atom is 0.223 e. The zero-order valence-electron chi connectivity index (χ0n) is 15.1. The molecule has 0 unspecified atom stereocenters. The Morgan fingerprint density at radius 2 is 1.83 bits per heavy atom. The second-order valence-corrected chi connectivity index (χ2v) is 7.05. The van der Waals surface area contributed by atoms with E-state index in [0.29, 0.717) is 25.4 Å². The largest absolute Gasteiger partial charge is 0.355 e. The maximum absolute atomic E-state index is 12.0. The van der Waals surface area contributed by atoms with Gasteiger partial charge in [0.2, 0.25) is 11.8 Å². The van der Waals surface area contributed by atoms with Gasteiger partial charge in [-0.1, -0.05) is 36.8 Å². The summed E-state index contributed by atoms with van der Waals surface area (Å²) in [7, 11) is 4.02. The molecule has 1 saturated carbocycles. The molecule has 1 aliphatic carbocycles. The molecule has 0 aromatic heterocycles. The fourth-order valence-corrected chi connectivity index (χ4v) is 2.80. The van der Waals surface area contributed by atoms with Crippen molar-refractivity contribution in [2.24, 2.45) is 11.8 Å². The molecule has 0 heterocycles. The van der Waals surface area contributed by atoms with Gasteiger partial charge in [-0.3, -0.25) is 9.59 Å². The number of nitrogens with zero attached hydrogens (tertiary/aromatic N) is 1. The quantitative estimate of drug-likeness (QED) is 0.764. The van der Waals surface area contributed by atoms with Crippen molar-refractivity contribution in [1.82, 2.24) is 15.5 Å². The van der Waals surface area contributed by atoms with Gasteiger partial charge in [0.05, 0.1) is 6.04 Å². The first kappa shape index (κ1) is 18.5. The molecule has 1 aromatic rings. The van der Waals surface area contributed by atoms with E-state index in [0.717, 1.165) is 6.42 Å². The van der Waals surface area contributed by atoms with Crippen molar-refractivity contribution in [1.29, 1.82) is 0 Å². The molecular weight excluding hydrogens is 302 g/mol. The molecule has 0 spiro atoms. The first-order chi connectivity index (χ1) is 11.4. The predicted octanol–water partition coefficient (Wildman–Crippen LogP) is 1.88. The molecule has 1 aliphatic rings. The van der Waals surface area contributed by atoms with Crippen LogP contribution in [0.4, 0.5) is 0 Å². The number of nitrogens with one attached hydrogen (secondary N) is 2. The Balaban J connectivity index is 1.74. The van der Waals surface area contributed by atoms with Crippen molar-refractivity contribution >= 4 is 11.8 Å². The Morgan fingerprint density at radius 1 is 1.21 bits per heavy atom. The second-order valence-electron chi connectivity index (χ2n) is 7.05. The minimum absolute atomic E-state index is 0.0295. The maximum atomic E-state index is 12.0. The highest BCUT2D eigenvalue weighted by Crippen LogP contribution is 2.37. The lowest BCUT2D eigenvalue weighted by molar-refractivity contribution is -0.123. The number of likely N-dealkylation sites (N-methyl/N-ethyl adjacent to an activating group) is 1. The van der Waals surface area contributed by atoms with E-state index in [1.807, 2.05) is 14.1 Å². The van der Waals surface area contributed by atoms with Gasteiger partial charge in [0.25, 0.3) is 0 Å². The summed E-state index contributed by atoms with van der Waals surface area (Å²) in [4.78, 5) is 25.8. The van der Waals surface area contributed by atoms with E-state index < -0.39 is 0 Å². The molecule has 1 aromatic carbocycles. The van der Waals surface area contributed by atoms with Gasteiger partial charge in [-0.25, -0.2) is 0 Å². The molecule has 0 aliphatic heterocycles. The number of carbonyl (C=O) groups excluding carboxylic acids is 2. The van der Waals surface area contributed by atoms with Crippen LogP contribution >= 0.6 is 0 Å². The van der Waals surface area contributed by atoms with Crippen LogP contribution in [0, 0.1) is 18.8 Å². The summed E-state index contributed by atoms with van der Waals surface area (Å²) in [5, 5.41) is 5.82. The lowest BCUT2D eigenvalue weighted by Gasteiger charge is -2.25. The number of aryl methyl sites for hydroxylation is 1. The van der Waals surface area contributed by atoms with Gasteiger partial charge in [-0.05, 0) is 38.9 Å². The number of hydrogen-bond donors (Lipinski definition) is 2. The monoisotopic (exact) mass is 331 g/mol.